The number of hydrogen-bond donors (Lipinski definition) is 0. The molecule has 2 heterocycles. The van der Waals surface area contributed by atoms with Crippen molar-refractivity contribution in [3.05, 3.63) is 35.9 Å². The summed E-state index contributed by atoms with van der Waals surface area (Å²) < 4.78 is 2.29. The quantitative estimate of drug-likeness (QED) is 0.609. The SMILES string of the molecule is CC(C)N(Cc1ccccc1)C(=O)CSc1nnc(N2CCCCC2)n1C1CC1. The lowest BCUT2D eigenvalue weighted by molar-refractivity contribution is -0.130. The third-order valence-electron chi connectivity index (χ3n) is 5.66. The number of aromatic nitrogens is 3. The van der Waals surface area contributed by atoms with Crippen LogP contribution in [0, 0.1) is 0 Å². The third kappa shape index (κ3) is 4.94. The summed E-state index contributed by atoms with van der Waals surface area (Å²) in [5.41, 5.74) is 1.16. The zero-order chi connectivity index (χ0) is 20.2. The van der Waals surface area contributed by atoms with Gasteiger partial charge in [0, 0.05) is 31.7 Å². The van der Waals surface area contributed by atoms with E-state index in [2.05, 4.69) is 45.6 Å². The van der Waals surface area contributed by atoms with E-state index in [9.17, 15) is 4.79 Å². The van der Waals surface area contributed by atoms with E-state index in [1.165, 1.54) is 43.9 Å². The van der Waals surface area contributed by atoms with Gasteiger partial charge in [0.2, 0.25) is 11.9 Å². The summed E-state index contributed by atoms with van der Waals surface area (Å²) in [4.78, 5) is 17.3. The predicted octanol–water partition coefficient (Wildman–Crippen LogP) is 4.13. The molecule has 1 aliphatic carbocycles. The maximum Gasteiger partial charge on any atom is 0.233 e. The van der Waals surface area contributed by atoms with Gasteiger partial charge >= 0.3 is 0 Å². The van der Waals surface area contributed by atoms with Crippen LogP contribution in [0.3, 0.4) is 0 Å². The second-order valence-corrected chi connectivity index (χ2v) is 9.26. The van der Waals surface area contributed by atoms with Gasteiger partial charge in [-0.25, -0.2) is 0 Å². The molecular weight excluding hydrogens is 382 g/mol. The summed E-state index contributed by atoms with van der Waals surface area (Å²) in [6.07, 6.45) is 6.12. The molecule has 0 spiro atoms. The smallest absolute Gasteiger partial charge is 0.233 e. The molecule has 0 radical (unpaired) electrons. The van der Waals surface area contributed by atoms with E-state index in [1.807, 2.05) is 23.1 Å². The van der Waals surface area contributed by atoms with Gasteiger partial charge in [0.05, 0.1) is 5.75 Å². The minimum absolute atomic E-state index is 0.152. The lowest BCUT2D eigenvalue weighted by atomic mass is 10.1. The van der Waals surface area contributed by atoms with Crippen molar-refractivity contribution in [3.63, 3.8) is 0 Å². The molecule has 6 nitrogen and oxygen atoms in total. The molecule has 1 aromatic heterocycles. The van der Waals surface area contributed by atoms with Crippen LogP contribution in [0.25, 0.3) is 0 Å². The molecule has 156 valence electrons. The average Bonchev–Trinajstić information content (AvgIpc) is 3.50. The van der Waals surface area contributed by atoms with E-state index in [0.29, 0.717) is 18.3 Å². The van der Waals surface area contributed by atoms with Gasteiger partial charge in [0.25, 0.3) is 0 Å². The van der Waals surface area contributed by atoms with Gasteiger partial charge in [0.15, 0.2) is 5.16 Å². The van der Waals surface area contributed by atoms with Crippen LogP contribution < -0.4 is 4.90 Å². The first kappa shape index (κ1) is 20.3. The zero-order valence-electron chi connectivity index (χ0n) is 17.5. The molecule has 1 saturated carbocycles. The Labute approximate surface area is 177 Å². The molecule has 2 aliphatic rings. The zero-order valence-corrected chi connectivity index (χ0v) is 18.3. The van der Waals surface area contributed by atoms with Crippen molar-refractivity contribution in [1.82, 2.24) is 19.7 Å². The molecule has 0 N–H and O–H groups in total. The summed E-state index contributed by atoms with van der Waals surface area (Å²) in [5, 5.41) is 9.89. The predicted molar refractivity (Wildman–Crippen MR) is 117 cm³/mol. The highest BCUT2D eigenvalue weighted by Gasteiger charge is 2.32. The molecule has 1 amide bonds. The standard InChI is InChI=1S/C22H31N5OS/c1-17(2)26(15-18-9-5-3-6-10-18)20(28)16-29-22-24-23-21(27(22)19-11-12-19)25-13-7-4-8-14-25/h3,5-6,9-10,17,19H,4,7-8,11-16H2,1-2H3. The van der Waals surface area contributed by atoms with Crippen molar-refractivity contribution in [2.75, 3.05) is 23.7 Å². The summed E-state index contributed by atoms with van der Waals surface area (Å²) >= 11 is 1.54. The van der Waals surface area contributed by atoms with Gasteiger partial charge in [-0.05, 0) is 51.5 Å². The first-order valence-corrected chi connectivity index (χ1v) is 11.8. The van der Waals surface area contributed by atoms with Crippen LogP contribution in [-0.4, -0.2) is 50.5 Å². The monoisotopic (exact) mass is 413 g/mol. The van der Waals surface area contributed by atoms with Gasteiger partial charge in [-0.1, -0.05) is 42.1 Å². The van der Waals surface area contributed by atoms with E-state index >= 15 is 0 Å². The lowest BCUT2D eigenvalue weighted by Gasteiger charge is -2.28. The molecule has 1 aromatic carbocycles. The van der Waals surface area contributed by atoms with Crippen LogP contribution in [0.15, 0.2) is 35.5 Å². The van der Waals surface area contributed by atoms with Crippen molar-refractivity contribution in [3.8, 4) is 0 Å². The Balaban J connectivity index is 1.43. The van der Waals surface area contributed by atoms with Crippen LogP contribution in [0.5, 0.6) is 0 Å². The summed E-state index contributed by atoms with van der Waals surface area (Å²) in [6, 6.07) is 10.9. The highest BCUT2D eigenvalue weighted by atomic mass is 32.2. The number of piperidine rings is 1. The van der Waals surface area contributed by atoms with E-state index in [1.54, 1.807) is 0 Å². The highest BCUT2D eigenvalue weighted by molar-refractivity contribution is 7.99. The largest absolute Gasteiger partial charge is 0.341 e. The van der Waals surface area contributed by atoms with Crippen LogP contribution in [0.4, 0.5) is 5.95 Å². The molecule has 1 aliphatic heterocycles. The van der Waals surface area contributed by atoms with E-state index in [4.69, 9.17) is 0 Å². The van der Waals surface area contributed by atoms with Gasteiger partial charge < -0.3 is 9.80 Å². The van der Waals surface area contributed by atoms with E-state index in [0.717, 1.165) is 29.8 Å². The number of carbonyl (C=O) groups excluding carboxylic acids is 1. The Kier molecular flexibility index (Phi) is 6.43. The fraction of sp³-hybridized carbons (Fsp3) is 0.591. The first-order valence-electron chi connectivity index (χ1n) is 10.8. The van der Waals surface area contributed by atoms with Crippen molar-refractivity contribution in [1.29, 1.82) is 0 Å². The van der Waals surface area contributed by atoms with Crippen molar-refractivity contribution in [2.45, 2.75) is 69.7 Å². The first-order chi connectivity index (χ1) is 14.1. The Hall–Kier alpha value is -2.02. The molecule has 29 heavy (non-hydrogen) atoms. The number of rotatable bonds is 8. The second kappa shape index (κ2) is 9.20. The maximum atomic E-state index is 13.0. The molecule has 0 unspecified atom stereocenters. The van der Waals surface area contributed by atoms with E-state index in [-0.39, 0.29) is 11.9 Å². The third-order valence-corrected chi connectivity index (χ3v) is 6.59. The lowest BCUT2D eigenvalue weighted by Crippen LogP contribution is -2.37. The molecule has 1 saturated heterocycles. The van der Waals surface area contributed by atoms with E-state index < -0.39 is 0 Å². The number of anilines is 1. The summed E-state index contributed by atoms with van der Waals surface area (Å²) in [7, 11) is 0. The minimum Gasteiger partial charge on any atom is -0.341 e. The number of amides is 1. The van der Waals surface area contributed by atoms with Crippen molar-refractivity contribution >= 4 is 23.6 Å². The number of thioether (sulfide) groups is 1. The minimum atomic E-state index is 0.152. The van der Waals surface area contributed by atoms with Gasteiger partial charge in [-0.3, -0.25) is 9.36 Å². The fourth-order valence-corrected chi connectivity index (χ4v) is 4.76. The number of nitrogens with zero attached hydrogens (tertiary/aromatic N) is 5. The van der Waals surface area contributed by atoms with Crippen molar-refractivity contribution < 1.29 is 4.79 Å². The van der Waals surface area contributed by atoms with Gasteiger partial charge in [-0.2, -0.15) is 0 Å². The molecular formula is C22H31N5OS. The number of carbonyl (C=O) groups is 1. The second-order valence-electron chi connectivity index (χ2n) is 8.32. The molecule has 4 rings (SSSR count). The van der Waals surface area contributed by atoms with Gasteiger partial charge in [-0.15, -0.1) is 10.2 Å². The van der Waals surface area contributed by atoms with Gasteiger partial charge in [0.1, 0.15) is 0 Å². The Morgan fingerprint density at radius 2 is 1.86 bits per heavy atom. The number of hydrogen-bond acceptors (Lipinski definition) is 5. The Morgan fingerprint density at radius 1 is 1.14 bits per heavy atom. The molecule has 7 heteroatoms. The number of benzene rings is 1. The van der Waals surface area contributed by atoms with Crippen LogP contribution in [0.1, 0.15) is 57.6 Å². The normalized spacial score (nSPS) is 17.0. The highest BCUT2D eigenvalue weighted by Crippen LogP contribution is 2.41. The van der Waals surface area contributed by atoms with Crippen LogP contribution >= 0.6 is 11.8 Å². The van der Waals surface area contributed by atoms with Crippen LogP contribution in [0.2, 0.25) is 0 Å². The summed E-state index contributed by atoms with van der Waals surface area (Å²) in [6.45, 7) is 6.92. The average molecular weight is 414 g/mol. The molecule has 2 fully saturated rings. The fourth-order valence-electron chi connectivity index (χ4n) is 3.88. The Morgan fingerprint density at radius 3 is 2.52 bits per heavy atom. The topological polar surface area (TPSA) is 54.3 Å². The molecule has 2 aromatic rings. The van der Waals surface area contributed by atoms with Crippen LogP contribution in [-0.2, 0) is 11.3 Å². The van der Waals surface area contributed by atoms with Crippen molar-refractivity contribution in [2.24, 2.45) is 0 Å². The summed E-state index contributed by atoms with van der Waals surface area (Å²) in [5.74, 6) is 1.56. The maximum absolute atomic E-state index is 13.0. The molecule has 0 bridgehead atoms. The Bertz CT molecular complexity index is 812. The molecule has 0 atom stereocenters.